The molecule has 526 valence electrons. The molecule has 0 heterocycles. The maximum atomic E-state index is 12.7. The van der Waals surface area contributed by atoms with E-state index in [2.05, 4.69) is 16.0 Å². The summed E-state index contributed by atoms with van der Waals surface area (Å²) in [5.74, 6) is 0. The Bertz CT molecular complexity index is 1670. The number of likely N-dealkylation sites (N-methyl/N-ethyl adjacent to an activating group) is 1. The highest BCUT2D eigenvalue weighted by Gasteiger charge is 2.37. The predicted octanol–water partition coefficient (Wildman–Crippen LogP) is -16.7. The van der Waals surface area contributed by atoms with Crippen LogP contribution < -0.4 is 16.0 Å². The molecule has 0 saturated heterocycles. The highest BCUT2D eigenvalue weighted by atomic mass is 16.6. The lowest BCUT2D eigenvalue weighted by molar-refractivity contribution is -0.130. The van der Waals surface area contributed by atoms with Crippen molar-refractivity contribution >= 4 is 12.2 Å². The van der Waals surface area contributed by atoms with E-state index in [0.29, 0.717) is 0 Å². The van der Waals surface area contributed by atoms with Crippen molar-refractivity contribution in [3.05, 3.63) is 0 Å². The fourth-order valence-corrected chi connectivity index (χ4v) is 7.60. The van der Waals surface area contributed by atoms with Gasteiger partial charge in [-0.2, -0.15) is 0 Å². The molecule has 39 heteroatoms. The van der Waals surface area contributed by atoms with Crippen LogP contribution >= 0.6 is 0 Å². The fraction of sp³-hybridized carbons (Fsp3) is 0.959. The molecule has 0 aromatic rings. The first-order valence-electron chi connectivity index (χ1n) is 28.0. The molecule has 0 bridgehead atoms. The molecule has 22 atom stereocenters. The van der Waals surface area contributed by atoms with E-state index in [1.54, 1.807) is 7.05 Å². The standard InChI is InChI=1S/C49H101N5O34/c1-50-6-31(88-49(81)52-3-5-54(9-34(66)42(74)46(78)38(70)13-57)10-35(67)43(75)47(79)39(71)14-58)25-86-22-29(62)21-84-18-27(60)17-82-15-26(59)16-83-19-28(61)20-85-23-30(63)24-87-48(80)51-2-4-53(7-32(64)40(72)44(76)36(68)11-55)8-33(65)41(73)45(77)37(69)12-56/h26-47,50,55-79H,2-25H2,1H3,(H,51,80)(H,52,81)/t26?,27?,28?,29?,30?,31?,32-,33-,34-,35-,36+,37+,38+,39+,40+,41+,42+,43+,44+,45+,46+,47+/m0/s1. The van der Waals surface area contributed by atoms with Gasteiger partial charge < -0.3 is 177 Å². The molecule has 0 fully saturated rings. The van der Waals surface area contributed by atoms with Crippen molar-refractivity contribution in [2.45, 2.75) is 134 Å². The number of carbonyl (C=O) groups is 2. The van der Waals surface area contributed by atoms with Gasteiger partial charge in [-0.05, 0) is 7.05 Å². The van der Waals surface area contributed by atoms with Crippen molar-refractivity contribution in [3.8, 4) is 0 Å². The molecule has 0 aromatic carbocycles. The zero-order chi connectivity index (χ0) is 67.1. The minimum Gasteiger partial charge on any atom is -0.447 e. The second kappa shape index (κ2) is 48.9. The summed E-state index contributed by atoms with van der Waals surface area (Å²) >= 11 is 0. The Kier molecular flexibility index (Phi) is 47.4. The molecule has 0 radical (unpaired) electrons. The van der Waals surface area contributed by atoms with Gasteiger partial charge in [0.1, 0.15) is 116 Å². The minimum absolute atomic E-state index is 0.0732. The van der Waals surface area contributed by atoms with E-state index in [-0.39, 0.29) is 92.2 Å². The van der Waals surface area contributed by atoms with Gasteiger partial charge in [-0.25, -0.2) is 9.59 Å². The first-order valence-corrected chi connectivity index (χ1v) is 28.0. The molecule has 6 unspecified atom stereocenters. The summed E-state index contributed by atoms with van der Waals surface area (Å²) in [6.07, 6.45) is -40.0. The largest absolute Gasteiger partial charge is 0.447 e. The summed E-state index contributed by atoms with van der Waals surface area (Å²) in [6, 6.07) is 0. The van der Waals surface area contributed by atoms with Crippen molar-refractivity contribution in [2.24, 2.45) is 0 Å². The summed E-state index contributed by atoms with van der Waals surface area (Å²) in [4.78, 5) is 27.3. The molecule has 88 heavy (non-hydrogen) atoms. The number of amides is 2. The van der Waals surface area contributed by atoms with E-state index >= 15 is 0 Å². The van der Waals surface area contributed by atoms with Crippen molar-refractivity contribution in [1.29, 1.82) is 0 Å². The van der Waals surface area contributed by atoms with Gasteiger partial charge >= 0.3 is 12.2 Å². The molecule has 0 aliphatic rings. The lowest BCUT2D eigenvalue weighted by Crippen LogP contribution is -2.54. The summed E-state index contributed by atoms with van der Waals surface area (Å²) in [6.45, 7) is -11.0. The molecule has 39 nitrogen and oxygen atoms in total. The lowest BCUT2D eigenvalue weighted by Gasteiger charge is -2.33. The Morgan fingerprint density at radius 1 is 0.341 bits per heavy atom. The fourth-order valence-electron chi connectivity index (χ4n) is 7.60. The van der Waals surface area contributed by atoms with Crippen LogP contribution in [0, 0.1) is 0 Å². The van der Waals surface area contributed by atoms with Crippen molar-refractivity contribution in [3.63, 3.8) is 0 Å². The number of nitrogens with one attached hydrogen (secondary N) is 3. The molecule has 0 spiro atoms. The molecule has 0 saturated carbocycles. The highest BCUT2D eigenvalue weighted by molar-refractivity contribution is 5.67. The number of aliphatic hydroxyl groups is 25. The van der Waals surface area contributed by atoms with E-state index < -0.39 is 212 Å². The molecule has 0 aromatic heterocycles. The Balaban J connectivity index is 4.66. The number of hydrogen-bond acceptors (Lipinski definition) is 37. The van der Waals surface area contributed by atoms with Crippen LogP contribution in [0.25, 0.3) is 0 Å². The van der Waals surface area contributed by atoms with Crippen LogP contribution in [-0.4, -0.2) is 449 Å². The summed E-state index contributed by atoms with van der Waals surface area (Å²) in [7, 11) is 1.55. The summed E-state index contributed by atoms with van der Waals surface area (Å²) < 4.78 is 36.7. The predicted molar refractivity (Wildman–Crippen MR) is 293 cm³/mol. The Labute approximate surface area is 506 Å². The van der Waals surface area contributed by atoms with Crippen LogP contribution in [0.2, 0.25) is 0 Å². The van der Waals surface area contributed by atoms with Crippen LogP contribution in [0.1, 0.15) is 0 Å². The number of aliphatic hydroxyl groups excluding tert-OH is 25. The third kappa shape index (κ3) is 37.1. The first-order chi connectivity index (χ1) is 41.5. The molecule has 2 amide bonds. The SMILES string of the molecule is CNCC(COCC(O)COCC(O)COCC(O)COCC(O)COCC(O)COC(=O)NCCN(C[C@H](O)[C@@H](O)[C@H](O)[C@H](O)CO)C[C@H](O)[C@@H](O)[C@H](O)[C@H](O)CO)OC(=O)NCCN(C[C@H](O)[C@@H](O)[C@H](O)[C@H](O)CO)C[C@H](O)[C@@H](O)[C@H](O)[C@H](O)CO. The maximum Gasteiger partial charge on any atom is 0.407 e. The van der Waals surface area contributed by atoms with E-state index in [9.17, 15) is 117 Å². The van der Waals surface area contributed by atoms with Gasteiger partial charge in [-0.1, -0.05) is 0 Å². The zero-order valence-electron chi connectivity index (χ0n) is 48.9. The van der Waals surface area contributed by atoms with Gasteiger partial charge in [0.05, 0.1) is 117 Å². The third-order valence-corrected chi connectivity index (χ3v) is 12.7. The van der Waals surface area contributed by atoms with Crippen LogP contribution in [0.4, 0.5) is 9.59 Å². The quantitative estimate of drug-likeness (QED) is 0.0269. The molecular weight excluding hydrogens is 1200 g/mol. The number of alkyl carbamates (subject to hydrolysis) is 2. The number of nitrogens with zero attached hydrogens (tertiary/aromatic N) is 2. The van der Waals surface area contributed by atoms with E-state index in [4.69, 9.17) is 53.6 Å². The average Bonchev–Trinajstić information content (AvgIpc) is 3.65. The first kappa shape index (κ1) is 85.2. The lowest BCUT2D eigenvalue weighted by atomic mass is 10.0. The van der Waals surface area contributed by atoms with E-state index in [1.165, 1.54) is 4.90 Å². The van der Waals surface area contributed by atoms with Crippen LogP contribution in [0.3, 0.4) is 0 Å². The second-order valence-corrected chi connectivity index (χ2v) is 20.7. The summed E-state index contributed by atoms with van der Waals surface area (Å²) in [5, 5.41) is 256. The van der Waals surface area contributed by atoms with Gasteiger partial charge in [-0.15, -0.1) is 0 Å². The smallest absolute Gasteiger partial charge is 0.407 e. The van der Waals surface area contributed by atoms with Gasteiger partial charge in [0.15, 0.2) is 0 Å². The van der Waals surface area contributed by atoms with Crippen LogP contribution in [-0.2, 0) is 33.2 Å². The van der Waals surface area contributed by atoms with E-state index in [0.717, 1.165) is 4.90 Å². The molecule has 0 rings (SSSR count). The third-order valence-electron chi connectivity index (χ3n) is 12.7. The zero-order valence-corrected chi connectivity index (χ0v) is 48.9. The van der Waals surface area contributed by atoms with Crippen molar-refractivity contribution in [1.82, 2.24) is 25.8 Å². The number of ether oxygens (including phenoxy) is 7. The van der Waals surface area contributed by atoms with Gasteiger partial charge in [0.25, 0.3) is 0 Å². The van der Waals surface area contributed by atoms with Gasteiger partial charge in [-0.3, -0.25) is 9.80 Å². The summed E-state index contributed by atoms with van der Waals surface area (Å²) in [5.41, 5.74) is 0. The van der Waals surface area contributed by atoms with Gasteiger partial charge in [0.2, 0.25) is 0 Å². The normalized spacial score (nSPS) is 19.9. The molecule has 28 N–H and O–H groups in total. The number of carbonyl (C=O) groups excluding carboxylic acids is 2. The average molecular weight is 1300 g/mol. The Morgan fingerprint density at radius 2 is 0.580 bits per heavy atom. The highest BCUT2D eigenvalue weighted by Crippen LogP contribution is 2.13. The molecule has 0 aliphatic carbocycles. The number of rotatable bonds is 55. The van der Waals surface area contributed by atoms with Crippen molar-refractivity contribution < 1.29 is 170 Å². The Morgan fingerprint density at radius 3 is 0.841 bits per heavy atom. The number of hydrogen-bond donors (Lipinski definition) is 28. The second-order valence-electron chi connectivity index (χ2n) is 20.7. The minimum atomic E-state index is -2.03. The maximum absolute atomic E-state index is 12.7. The molecule has 0 aliphatic heterocycles. The van der Waals surface area contributed by atoms with Gasteiger partial charge in [0, 0.05) is 58.9 Å². The van der Waals surface area contributed by atoms with E-state index in [1.807, 2.05) is 0 Å². The Hall–Kier alpha value is -2.78. The topological polar surface area (TPSA) is 647 Å². The monoisotopic (exact) mass is 1300 g/mol. The molecular formula is C49H101N5O34. The van der Waals surface area contributed by atoms with Crippen LogP contribution in [0.15, 0.2) is 0 Å². The van der Waals surface area contributed by atoms with Crippen molar-refractivity contribution in [2.75, 3.05) is 165 Å². The van der Waals surface area contributed by atoms with Crippen LogP contribution in [0.5, 0.6) is 0 Å².